The normalized spacial score (nSPS) is 17.6. The first-order chi connectivity index (χ1) is 18.2. The number of hydrazone groups is 1. The maximum Gasteiger partial charge on any atom is 0.441 e. The number of hydrogen-bond donors (Lipinski definition) is 1. The van der Waals surface area contributed by atoms with Gasteiger partial charge in [-0.1, -0.05) is 50.2 Å². The Morgan fingerprint density at radius 2 is 1.89 bits per heavy atom. The van der Waals surface area contributed by atoms with Gasteiger partial charge in [0.1, 0.15) is 12.4 Å². The van der Waals surface area contributed by atoms with Gasteiger partial charge in [-0.15, -0.1) is 0 Å². The summed E-state index contributed by atoms with van der Waals surface area (Å²) in [5.74, 6) is -0.0190. The molecular weight excluding hydrogens is 515 g/mol. The molecule has 1 N–H and O–H groups in total. The number of amides is 1. The standard InChI is InChI=1S/C27H24F3N5O2S/c1-3-16(2)18-8-5-7-11-22(18)37-13-12-34-15-17(19-9-4-6-10-21(19)34)14-20-23(31)35-26(32-24(20)36)38-25(33-35)27(28,29)30/h4-11,14-16,31H,3,12-13H2,1-2H3/b20-14+,31-23?/t16-/m1/s1. The predicted octanol–water partition coefficient (Wildman–Crippen LogP) is 6.42. The molecule has 0 spiro atoms. The van der Waals surface area contributed by atoms with Gasteiger partial charge in [-0.3, -0.25) is 10.2 Å². The summed E-state index contributed by atoms with van der Waals surface area (Å²) in [7, 11) is 0. The first-order valence-electron chi connectivity index (χ1n) is 12.0. The van der Waals surface area contributed by atoms with Crippen LogP contribution in [0.4, 0.5) is 13.2 Å². The third kappa shape index (κ3) is 4.85. The molecule has 2 aliphatic rings. The lowest BCUT2D eigenvalue weighted by Gasteiger charge is -2.20. The number of benzene rings is 2. The predicted molar refractivity (Wildman–Crippen MR) is 144 cm³/mol. The number of nitrogens with zero attached hydrogens (tertiary/aromatic N) is 4. The molecule has 11 heteroatoms. The fourth-order valence-electron chi connectivity index (χ4n) is 4.33. The van der Waals surface area contributed by atoms with E-state index in [4.69, 9.17) is 10.1 Å². The highest BCUT2D eigenvalue weighted by Gasteiger charge is 2.46. The monoisotopic (exact) mass is 539 g/mol. The summed E-state index contributed by atoms with van der Waals surface area (Å²) in [6.07, 6.45) is -0.375. The quantitative estimate of drug-likeness (QED) is 0.352. The third-order valence-corrected chi connectivity index (χ3v) is 7.42. The van der Waals surface area contributed by atoms with Crippen molar-refractivity contribution in [1.82, 2.24) is 9.58 Å². The zero-order chi connectivity index (χ0) is 27.0. The molecule has 0 unspecified atom stereocenters. The number of rotatable bonds is 7. The van der Waals surface area contributed by atoms with E-state index >= 15 is 0 Å². The fraction of sp³-hybridized carbons (Fsp3) is 0.259. The van der Waals surface area contributed by atoms with Gasteiger partial charge < -0.3 is 9.30 Å². The number of carbonyl (C=O) groups excluding carboxylic acids is 1. The molecule has 1 atom stereocenters. The Kier molecular flexibility index (Phi) is 6.87. The Morgan fingerprint density at radius 3 is 2.66 bits per heavy atom. The smallest absolute Gasteiger partial charge is 0.441 e. The van der Waals surface area contributed by atoms with E-state index in [0.29, 0.717) is 24.6 Å². The van der Waals surface area contributed by atoms with E-state index in [1.807, 2.05) is 53.2 Å². The second-order valence-corrected chi connectivity index (χ2v) is 9.87. The largest absolute Gasteiger partial charge is 0.491 e. The number of carbonyl (C=O) groups is 1. The number of alkyl halides is 3. The average molecular weight is 540 g/mol. The Hall–Kier alpha value is -3.86. The molecule has 0 radical (unpaired) electrons. The van der Waals surface area contributed by atoms with Crippen molar-refractivity contribution in [2.75, 3.05) is 6.61 Å². The van der Waals surface area contributed by atoms with Crippen LogP contribution in [0.3, 0.4) is 0 Å². The van der Waals surface area contributed by atoms with E-state index in [1.54, 1.807) is 0 Å². The molecule has 3 heterocycles. The second-order valence-electron chi connectivity index (χ2n) is 8.91. The highest BCUT2D eigenvalue weighted by molar-refractivity contribution is 8.27. The van der Waals surface area contributed by atoms with Crippen molar-refractivity contribution in [2.24, 2.45) is 10.1 Å². The van der Waals surface area contributed by atoms with Crippen molar-refractivity contribution in [3.05, 3.63) is 71.4 Å². The molecule has 38 heavy (non-hydrogen) atoms. The lowest BCUT2D eigenvalue weighted by Crippen LogP contribution is -2.35. The summed E-state index contributed by atoms with van der Waals surface area (Å²) in [4.78, 5) is 16.4. The van der Waals surface area contributed by atoms with Crippen molar-refractivity contribution in [1.29, 1.82) is 5.41 Å². The number of fused-ring (bicyclic) bond motifs is 2. The van der Waals surface area contributed by atoms with Gasteiger partial charge in [0, 0.05) is 22.7 Å². The highest BCUT2D eigenvalue weighted by atomic mass is 32.2. The van der Waals surface area contributed by atoms with Gasteiger partial charge in [0.25, 0.3) is 5.91 Å². The van der Waals surface area contributed by atoms with Crippen LogP contribution in [0.25, 0.3) is 17.0 Å². The van der Waals surface area contributed by atoms with Crippen molar-refractivity contribution < 1.29 is 22.7 Å². The number of amidine groups is 2. The molecule has 1 amide bonds. The maximum atomic E-state index is 13.1. The number of thioether (sulfide) groups is 1. The van der Waals surface area contributed by atoms with Crippen LogP contribution in [0, 0.1) is 5.41 Å². The highest BCUT2D eigenvalue weighted by Crippen LogP contribution is 2.36. The Morgan fingerprint density at radius 1 is 1.16 bits per heavy atom. The summed E-state index contributed by atoms with van der Waals surface area (Å²) >= 11 is 0.229. The molecule has 0 saturated carbocycles. The van der Waals surface area contributed by atoms with Crippen LogP contribution in [-0.2, 0) is 11.3 Å². The molecule has 0 fully saturated rings. The molecule has 1 aromatic heterocycles. The molecule has 5 rings (SSSR count). The van der Waals surface area contributed by atoms with E-state index in [0.717, 1.165) is 33.6 Å². The van der Waals surface area contributed by atoms with Gasteiger partial charge in [-0.05, 0) is 47.9 Å². The molecule has 0 bridgehead atoms. The number of ether oxygens (including phenoxy) is 1. The number of aromatic nitrogens is 1. The summed E-state index contributed by atoms with van der Waals surface area (Å²) < 4.78 is 47.5. The van der Waals surface area contributed by atoms with E-state index in [2.05, 4.69) is 30.0 Å². The number of halogens is 3. The van der Waals surface area contributed by atoms with E-state index < -0.39 is 23.0 Å². The lowest BCUT2D eigenvalue weighted by atomic mass is 9.98. The van der Waals surface area contributed by atoms with Crippen LogP contribution >= 0.6 is 11.8 Å². The molecule has 7 nitrogen and oxygen atoms in total. The summed E-state index contributed by atoms with van der Waals surface area (Å²) in [5.41, 5.74) is 2.55. The van der Waals surface area contributed by atoms with Crippen LogP contribution in [-0.4, -0.2) is 44.3 Å². The molecule has 0 aliphatic carbocycles. The molecule has 2 aliphatic heterocycles. The van der Waals surface area contributed by atoms with Crippen LogP contribution < -0.4 is 4.74 Å². The zero-order valence-corrected chi connectivity index (χ0v) is 21.4. The summed E-state index contributed by atoms with van der Waals surface area (Å²) in [5, 5.41) is 12.0. The summed E-state index contributed by atoms with van der Waals surface area (Å²) in [6, 6.07) is 15.6. The van der Waals surface area contributed by atoms with Gasteiger partial charge in [0.05, 0.1) is 12.1 Å². The van der Waals surface area contributed by atoms with Gasteiger partial charge in [-0.25, -0.2) is 0 Å². The summed E-state index contributed by atoms with van der Waals surface area (Å²) in [6.45, 7) is 5.23. The minimum absolute atomic E-state index is 0.136. The maximum absolute atomic E-state index is 13.1. The molecule has 3 aromatic rings. The Labute approximate surface area is 221 Å². The van der Waals surface area contributed by atoms with Crippen molar-refractivity contribution in [3.63, 3.8) is 0 Å². The molecular formula is C27H24F3N5O2S. The van der Waals surface area contributed by atoms with E-state index in [-0.39, 0.29) is 22.5 Å². The SMILES string of the molecule is CC[C@@H](C)c1ccccc1OCCn1cc(/C=C2\C(=N)N3N=C(C(F)(F)F)SC3=NC2=O)c2ccccc21. The zero-order valence-electron chi connectivity index (χ0n) is 20.6. The van der Waals surface area contributed by atoms with E-state index in [9.17, 15) is 18.0 Å². The van der Waals surface area contributed by atoms with Gasteiger partial charge in [0.2, 0.25) is 10.2 Å². The fourth-order valence-corrected chi connectivity index (χ4v) is 5.09. The van der Waals surface area contributed by atoms with E-state index in [1.165, 1.54) is 6.08 Å². The number of hydrogen-bond acceptors (Lipinski definition) is 5. The second kappa shape index (κ2) is 10.1. The van der Waals surface area contributed by atoms with Crippen molar-refractivity contribution >= 4 is 50.7 Å². The van der Waals surface area contributed by atoms with Crippen LogP contribution in [0.15, 0.2) is 70.4 Å². The van der Waals surface area contributed by atoms with Gasteiger partial charge in [-0.2, -0.15) is 28.3 Å². The van der Waals surface area contributed by atoms with Gasteiger partial charge >= 0.3 is 6.18 Å². The van der Waals surface area contributed by atoms with Crippen molar-refractivity contribution in [3.8, 4) is 5.75 Å². The number of nitrogens with one attached hydrogen (secondary N) is 1. The Balaban J connectivity index is 1.41. The Bertz CT molecular complexity index is 1520. The minimum Gasteiger partial charge on any atom is -0.491 e. The third-order valence-electron chi connectivity index (χ3n) is 6.47. The molecule has 196 valence electrons. The minimum atomic E-state index is -4.69. The number of aliphatic imine (C=N–C) groups is 1. The first kappa shape index (κ1) is 25.8. The first-order valence-corrected chi connectivity index (χ1v) is 12.9. The van der Waals surface area contributed by atoms with Crippen LogP contribution in [0.1, 0.15) is 37.3 Å². The average Bonchev–Trinajstić information content (AvgIpc) is 3.48. The van der Waals surface area contributed by atoms with Crippen molar-refractivity contribution in [2.45, 2.75) is 38.9 Å². The van der Waals surface area contributed by atoms with Crippen LogP contribution in [0.5, 0.6) is 5.75 Å². The molecule has 2 aromatic carbocycles. The topological polar surface area (TPSA) is 83.0 Å². The lowest BCUT2D eigenvalue weighted by molar-refractivity contribution is -0.114. The van der Waals surface area contributed by atoms with Gasteiger partial charge in [0.15, 0.2) is 5.84 Å². The number of para-hydroxylation sites is 2. The molecule has 0 saturated heterocycles. The van der Waals surface area contributed by atoms with Crippen LogP contribution in [0.2, 0.25) is 0 Å².